The van der Waals surface area contributed by atoms with Gasteiger partial charge in [-0.1, -0.05) is 31.5 Å². The zero-order chi connectivity index (χ0) is 24.1. The first kappa shape index (κ1) is 26.2. The maximum atomic E-state index is 13.4. The molecule has 2 saturated heterocycles. The lowest BCUT2D eigenvalue weighted by Crippen LogP contribution is -2.66. The number of aliphatic hydroxyl groups is 3. The summed E-state index contributed by atoms with van der Waals surface area (Å²) < 4.78 is 6.04. The summed E-state index contributed by atoms with van der Waals surface area (Å²) in [6, 6.07) is 8.41. The van der Waals surface area contributed by atoms with E-state index in [4.69, 9.17) is 4.74 Å². The van der Waals surface area contributed by atoms with Gasteiger partial charge in [0.05, 0.1) is 12.1 Å². The predicted octanol–water partition coefficient (Wildman–Crippen LogP) is 1.26. The number of hydrogen-bond acceptors (Lipinski definition) is 8. The summed E-state index contributed by atoms with van der Waals surface area (Å²) in [6.45, 7) is 4.96. The highest BCUT2D eigenvalue weighted by Crippen LogP contribution is 2.31. The zero-order valence-corrected chi connectivity index (χ0v) is 20.7. The molecular weight excluding hydrogens is 442 g/mol. The second-order valence-corrected chi connectivity index (χ2v) is 10.3. The summed E-state index contributed by atoms with van der Waals surface area (Å²) in [7, 11) is 1.97. The van der Waals surface area contributed by atoms with Crippen LogP contribution in [0.15, 0.2) is 30.3 Å². The molecule has 0 spiro atoms. The van der Waals surface area contributed by atoms with Crippen molar-refractivity contribution in [2.75, 3.05) is 25.2 Å². The number of hydrogen-bond donors (Lipinski definition) is 5. The molecule has 0 bridgehead atoms. The van der Waals surface area contributed by atoms with Crippen LogP contribution in [-0.2, 0) is 9.53 Å². The van der Waals surface area contributed by atoms with Crippen LogP contribution >= 0.6 is 11.8 Å². The van der Waals surface area contributed by atoms with Crippen molar-refractivity contribution >= 4 is 23.4 Å². The van der Waals surface area contributed by atoms with Crippen LogP contribution in [0.1, 0.15) is 33.1 Å². The van der Waals surface area contributed by atoms with Gasteiger partial charge in [-0.05, 0) is 51.1 Å². The number of nitrogens with one attached hydrogen (secondary N) is 2. The minimum atomic E-state index is -1.37. The molecule has 186 valence electrons. The fraction of sp³-hybridized carbons (Fsp3) is 0.708. The van der Waals surface area contributed by atoms with Crippen molar-refractivity contribution in [1.29, 1.82) is 0 Å². The van der Waals surface area contributed by atoms with Crippen LogP contribution in [0.3, 0.4) is 0 Å². The molecule has 0 aliphatic carbocycles. The molecule has 2 aliphatic heterocycles. The summed E-state index contributed by atoms with van der Waals surface area (Å²) in [6.07, 6.45) is -0.0675. The molecule has 8 nitrogen and oxygen atoms in total. The SMILES string of the molecule is CCC[C@@H]1C[C@@H](C(=O)N[C@H](C(C)Nc2ccccc2)[C@H]2OC(SC)[C@H](O)[C@H](O)C2O)N(C)C1. The first-order valence-electron chi connectivity index (χ1n) is 11.8. The van der Waals surface area contributed by atoms with Crippen molar-refractivity contribution in [3.8, 4) is 0 Å². The summed E-state index contributed by atoms with van der Waals surface area (Å²) in [5.74, 6) is 0.378. The first-order chi connectivity index (χ1) is 15.8. The van der Waals surface area contributed by atoms with Gasteiger partial charge >= 0.3 is 0 Å². The molecular formula is C24H39N3O5S. The lowest BCUT2D eigenvalue weighted by molar-refractivity contribution is -0.206. The number of para-hydroxylation sites is 1. The highest BCUT2D eigenvalue weighted by Gasteiger charge is 2.48. The van der Waals surface area contributed by atoms with E-state index in [0.29, 0.717) is 5.92 Å². The molecule has 1 aromatic carbocycles. The number of benzene rings is 1. The molecule has 1 amide bonds. The number of ether oxygens (including phenoxy) is 1. The summed E-state index contributed by atoms with van der Waals surface area (Å²) in [4.78, 5) is 15.5. The van der Waals surface area contributed by atoms with Crippen molar-refractivity contribution in [2.45, 2.75) is 81.1 Å². The van der Waals surface area contributed by atoms with Crippen LogP contribution in [0.2, 0.25) is 0 Å². The Morgan fingerprint density at radius 2 is 1.91 bits per heavy atom. The molecule has 1 aromatic rings. The summed E-state index contributed by atoms with van der Waals surface area (Å²) in [5, 5.41) is 38.1. The zero-order valence-electron chi connectivity index (χ0n) is 19.9. The second kappa shape index (κ2) is 11.9. The van der Waals surface area contributed by atoms with Crippen LogP contribution in [-0.4, -0.2) is 94.0 Å². The molecule has 0 aromatic heterocycles. The Morgan fingerprint density at radius 1 is 1.21 bits per heavy atom. The van der Waals surface area contributed by atoms with Gasteiger partial charge in [0.25, 0.3) is 0 Å². The Balaban J connectivity index is 1.81. The maximum absolute atomic E-state index is 13.4. The van der Waals surface area contributed by atoms with E-state index in [2.05, 4.69) is 22.5 Å². The number of aliphatic hydroxyl groups excluding tert-OH is 3. The highest BCUT2D eigenvalue weighted by atomic mass is 32.2. The Bertz CT molecular complexity index is 755. The van der Waals surface area contributed by atoms with Gasteiger partial charge in [0, 0.05) is 18.3 Å². The quantitative estimate of drug-likeness (QED) is 0.358. The predicted molar refractivity (Wildman–Crippen MR) is 131 cm³/mol. The van der Waals surface area contributed by atoms with Crippen molar-refractivity contribution in [1.82, 2.24) is 10.2 Å². The van der Waals surface area contributed by atoms with E-state index in [0.717, 1.165) is 31.5 Å². The topological polar surface area (TPSA) is 114 Å². The van der Waals surface area contributed by atoms with Crippen LogP contribution in [0.5, 0.6) is 0 Å². The third-order valence-corrected chi connectivity index (χ3v) is 7.70. The lowest BCUT2D eigenvalue weighted by atomic mass is 9.90. The van der Waals surface area contributed by atoms with E-state index in [1.54, 1.807) is 6.26 Å². The Hall–Kier alpha value is -1.36. The van der Waals surface area contributed by atoms with E-state index in [9.17, 15) is 20.1 Å². The van der Waals surface area contributed by atoms with Crippen molar-refractivity contribution in [2.24, 2.45) is 5.92 Å². The summed E-state index contributed by atoms with van der Waals surface area (Å²) in [5.41, 5.74) is 0.164. The molecule has 2 fully saturated rings. The van der Waals surface area contributed by atoms with Crippen molar-refractivity contribution in [3.05, 3.63) is 30.3 Å². The normalized spacial score (nSPS) is 34.6. The molecule has 9 heteroatoms. The third kappa shape index (κ3) is 6.21. The number of carbonyl (C=O) groups is 1. The first-order valence-corrected chi connectivity index (χ1v) is 13.1. The van der Waals surface area contributed by atoms with E-state index >= 15 is 0 Å². The maximum Gasteiger partial charge on any atom is 0.237 e. The number of thioether (sulfide) groups is 1. The van der Waals surface area contributed by atoms with Gasteiger partial charge in [0.15, 0.2) is 0 Å². The van der Waals surface area contributed by atoms with Gasteiger partial charge in [-0.25, -0.2) is 0 Å². The van der Waals surface area contributed by atoms with Crippen LogP contribution in [0, 0.1) is 5.92 Å². The fourth-order valence-corrected chi connectivity index (χ4v) is 5.71. The highest BCUT2D eigenvalue weighted by molar-refractivity contribution is 7.99. The number of likely N-dealkylation sites (N-methyl/N-ethyl adjacent to an activating group) is 1. The van der Waals surface area contributed by atoms with Gasteiger partial charge in [-0.2, -0.15) is 0 Å². The lowest BCUT2D eigenvalue weighted by Gasteiger charge is -2.45. The van der Waals surface area contributed by atoms with E-state index in [-0.39, 0.29) is 18.0 Å². The number of rotatable bonds is 9. The molecule has 9 atom stereocenters. The molecule has 0 radical (unpaired) electrons. The molecule has 33 heavy (non-hydrogen) atoms. The summed E-state index contributed by atoms with van der Waals surface area (Å²) >= 11 is 1.26. The van der Waals surface area contributed by atoms with Gasteiger partial charge in [-0.15, -0.1) is 11.8 Å². The van der Waals surface area contributed by atoms with Gasteiger partial charge in [-0.3, -0.25) is 9.69 Å². The number of nitrogens with zero attached hydrogens (tertiary/aromatic N) is 1. The van der Waals surface area contributed by atoms with E-state index in [1.807, 2.05) is 44.3 Å². The van der Waals surface area contributed by atoms with E-state index < -0.39 is 35.9 Å². The van der Waals surface area contributed by atoms with Crippen molar-refractivity contribution < 1.29 is 24.9 Å². The number of amides is 1. The molecule has 0 saturated carbocycles. The monoisotopic (exact) mass is 481 g/mol. The number of likely N-dealkylation sites (tertiary alicyclic amines) is 1. The average Bonchev–Trinajstić information content (AvgIpc) is 3.17. The van der Waals surface area contributed by atoms with Crippen LogP contribution in [0.4, 0.5) is 5.69 Å². The van der Waals surface area contributed by atoms with Gasteiger partial charge in [0.1, 0.15) is 29.9 Å². The molecule has 5 N–H and O–H groups in total. The van der Waals surface area contributed by atoms with E-state index in [1.165, 1.54) is 11.8 Å². The Labute approximate surface area is 201 Å². The number of carbonyl (C=O) groups excluding carboxylic acids is 1. The Morgan fingerprint density at radius 3 is 2.55 bits per heavy atom. The Kier molecular flexibility index (Phi) is 9.43. The van der Waals surface area contributed by atoms with Crippen molar-refractivity contribution in [3.63, 3.8) is 0 Å². The minimum Gasteiger partial charge on any atom is -0.388 e. The molecule has 3 rings (SSSR count). The standard InChI is InChI=1S/C24H39N3O5S/c1-5-9-15-12-17(27(3)13-15)23(31)26-18(14(2)25-16-10-7-6-8-11-16)22-20(29)19(28)21(30)24(32-22)33-4/h6-8,10-11,14-15,17-22,24-25,28-30H,5,9,12-13H2,1-4H3,(H,26,31)/t14?,15-,17+,18-,19-,20?,21-,22-,24?/m1/s1. The second-order valence-electron chi connectivity index (χ2n) is 9.36. The van der Waals surface area contributed by atoms with Crippen LogP contribution < -0.4 is 10.6 Å². The minimum absolute atomic E-state index is 0.111. The van der Waals surface area contributed by atoms with Crippen LogP contribution in [0.25, 0.3) is 0 Å². The fourth-order valence-electron chi connectivity index (χ4n) is 5.03. The average molecular weight is 482 g/mol. The molecule has 2 aliphatic rings. The molecule has 3 unspecified atom stereocenters. The third-order valence-electron chi connectivity index (χ3n) is 6.84. The molecule has 2 heterocycles. The van der Waals surface area contributed by atoms with Gasteiger partial charge < -0.3 is 30.7 Å². The number of anilines is 1. The smallest absolute Gasteiger partial charge is 0.237 e. The van der Waals surface area contributed by atoms with Gasteiger partial charge in [0.2, 0.25) is 5.91 Å². The largest absolute Gasteiger partial charge is 0.388 e.